The summed E-state index contributed by atoms with van der Waals surface area (Å²) < 4.78 is 18.4. The first kappa shape index (κ1) is 24.8. The number of hydrogen-bond donors (Lipinski definition) is 2. The highest BCUT2D eigenvalue weighted by atomic mass is 16.5. The molecule has 0 saturated carbocycles. The number of fused-ring (bicyclic) bond motifs is 1. The molecule has 3 aromatic carbocycles. The van der Waals surface area contributed by atoms with Gasteiger partial charge >= 0.3 is 0 Å². The highest BCUT2D eigenvalue weighted by molar-refractivity contribution is 5.44. The zero-order valence-electron chi connectivity index (χ0n) is 21.4. The van der Waals surface area contributed by atoms with Crippen molar-refractivity contribution in [3.05, 3.63) is 94.0 Å². The van der Waals surface area contributed by atoms with Crippen molar-refractivity contribution in [2.24, 2.45) is 0 Å². The average Bonchev–Trinajstić information content (AvgIpc) is 3.22. The molecule has 4 atom stereocenters. The number of benzene rings is 3. The Morgan fingerprint density at radius 2 is 1.81 bits per heavy atom. The molecule has 2 heterocycles. The van der Waals surface area contributed by atoms with Crippen LogP contribution < -0.4 is 9.47 Å². The van der Waals surface area contributed by atoms with Crippen LogP contribution in [0.5, 0.6) is 11.5 Å². The maximum absolute atomic E-state index is 10.2. The summed E-state index contributed by atoms with van der Waals surface area (Å²) >= 11 is 0. The van der Waals surface area contributed by atoms with E-state index in [9.17, 15) is 10.2 Å². The minimum Gasteiger partial charge on any atom is -0.489 e. The molecule has 0 aliphatic carbocycles. The van der Waals surface area contributed by atoms with Gasteiger partial charge in [-0.25, -0.2) is 0 Å². The van der Waals surface area contributed by atoms with E-state index >= 15 is 0 Å². The summed E-state index contributed by atoms with van der Waals surface area (Å²) in [5, 5.41) is 19.7. The van der Waals surface area contributed by atoms with Gasteiger partial charge in [-0.3, -0.25) is 0 Å². The molecule has 5 rings (SSSR count). The van der Waals surface area contributed by atoms with E-state index < -0.39 is 6.10 Å². The van der Waals surface area contributed by atoms with Crippen molar-refractivity contribution >= 4 is 0 Å². The van der Waals surface area contributed by atoms with Crippen molar-refractivity contribution in [2.45, 2.75) is 70.4 Å². The van der Waals surface area contributed by atoms with Crippen molar-refractivity contribution < 1.29 is 24.4 Å². The van der Waals surface area contributed by atoms with Crippen LogP contribution in [0.4, 0.5) is 0 Å². The van der Waals surface area contributed by atoms with Gasteiger partial charge in [0, 0.05) is 24.8 Å². The molecular formula is C31H36O5. The van der Waals surface area contributed by atoms with E-state index in [1.54, 1.807) is 0 Å². The van der Waals surface area contributed by atoms with Crippen molar-refractivity contribution in [1.82, 2.24) is 0 Å². The summed E-state index contributed by atoms with van der Waals surface area (Å²) in [4.78, 5) is 0. The standard InChI is InChI=1S/C31H36O5/c1-20-7-10-23(30-16-25(33)15-27(18-32)35-30)14-24(20)13-22-8-11-26(12-9-22)34-19-31(3)17-28-21(2)5-4-6-29(28)36-31/h4-12,14,25,27,30,32-33H,13,15-19H2,1-3H3. The molecule has 3 aromatic rings. The fourth-order valence-electron chi connectivity index (χ4n) is 5.32. The normalized spacial score (nSPS) is 25.3. The molecule has 2 N–H and O–H groups in total. The minimum atomic E-state index is -0.451. The lowest BCUT2D eigenvalue weighted by Gasteiger charge is -2.32. The maximum atomic E-state index is 10.2. The summed E-state index contributed by atoms with van der Waals surface area (Å²) in [6.07, 6.45) is 1.72. The molecule has 0 aromatic heterocycles. The van der Waals surface area contributed by atoms with Gasteiger partial charge in [-0.05, 0) is 73.2 Å². The topological polar surface area (TPSA) is 68.2 Å². The molecule has 1 fully saturated rings. The first-order valence-electron chi connectivity index (χ1n) is 12.8. The SMILES string of the molecule is Cc1ccc(C2CC(O)CC(CO)O2)cc1Cc1ccc(OCC2(C)Cc3c(C)cccc3O2)cc1. The van der Waals surface area contributed by atoms with E-state index in [0.29, 0.717) is 19.4 Å². The number of ether oxygens (including phenoxy) is 3. The maximum Gasteiger partial charge on any atom is 0.144 e. The van der Waals surface area contributed by atoms with E-state index in [2.05, 4.69) is 57.2 Å². The number of hydrogen-bond acceptors (Lipinski definition) is 5. The number of aliphatic hydroxyl groups excluding tert-OH is 2. The summed E-state index contributed by atoms with van der Waals surface area (Å²) in [6.45, 7) is 6.77. The largest absolute Gasteiger partial charge is 0.489 e. The Hall–Kier alpha value is -2.86. The van der Waals surface area contributed by atoms with Gasteiger partial charge in [-0.15, -0.1) is 0 Å². The monoisotopic (exact) mass is 488 g/mol. The molecule has 5 heteroatoms. The number of aryl methyl sites for hydroxylation is 2. The van der Waals surface area contributed by atoms with Crippen LogP contribution in [-0.2, 0) is 17.6 Å². The van der Waals surface area contributed by atoms with Crippen molar-refractivity contribution in [2.75, 3.05) is 13.2 Å². The van der Waals surface area contributed by atoms with Crippen LogP contribution in [-0.4, -0.2) is 41.2 Å². The average molecular weight is 489 g/mol. The Balaban J connectivity index is 1.22. The Morgan fingerprint density at radius 3 is 2.56 bits per heavy atom. The second-order valence-electron chi connectivity index (χ2n) is 10.6. The Morgan fingerprint density at radius 1 is 1.00 bits per heavy atom. The van der Waals surface area contributed by atoms with Gasteiger partial charge in [0.15, 0.2) is 0 Å². The summed E-state index contributed by atoms with van der Waals surface area (Å²) in [5.41, 5.74) is 6.87. The molecule has 4 unspecified atom stereocenters. The van der Waals surface area contributed by atoms with Crippen LogP contribution in [0.15, 0.2) is 60.7 Å². The highest BCUT2D eigenvalue weighted by Gasteiger charge is 2.36. The van der Waals surface area contributed by atoms with Crippen LogP contribution in [0, 0.1) is 13.8 Å². The molecule has 0 radical (unpaired) electrons. The van der Waals surface area contributed by atoms with Gasteiger partial charge in [-0.1, -0.05) is 42.5 Å². The van der Waals surface area contributed by atoms with Crippen molar-refractivity contribution in [3.8, 4) is 11.5 Å². The molecule has 190 valence electrons. The van der Waals surface area contributed by atoms with E-state index in [1.807, 2.05) is 24.3 Å². The van der Waals surface area contributed by atoms with Crippen LogP contribution >= 0.6 is 0 Å². The van der Waals surface area contributed by atoms with Gasteiger partial charge in [0.05, 0.1) is 24.9 Å². The summed E-state index contributed by atoms with van der Waals surface area (Å²) in [5.74, 6) is 1.80. The third-order valence-corrected chi connectivity index (χ3v) is 7.46. The second-order valence-corrected chi connectivity index (χ2v) is 10.6. The Kier molecular flexibility index (Phi) is 7.07. The van der Waals surface area contributed by atoms with Crippen LogP contribution in [0.1, 0.15) is 59.3 Å². The second kappa shape index (κ2) is 10.3. The highest BCUT2D eigenvalue weighted by Crippen LogP contribution is 2.37. The molecule has 0 amide bonds. The minimum absolute atomic E-state index is 0.0709. The Labute approximate surface area is 213 Å². The molecular weight excluding hydrogens is 452 g/mol. The molecule has 0 spiro atoms. The molecule has 2 aliphatic rings. The summed E-state index contributed by atoms with van der Waals surface area (Å²) in [6, 6.07) is 20.8. The predicted octanol–water partition coefficient (Wildman–Crippen LogP) is 5.24. The van der Waals surface area contributed by atoms with E-state index in [-0.39, 0.29) is 24.4 Å². The van der Waals surface area contributed by atoms with Crippen LogP contribution in [0.3, 0.4) is 0 Å². The quantitative estimate of drug-likeness (QED) is 0.476. The zero-order valence-corrected chi connectivity index (χ0v) is 21.4. The fourth-order valence-corrected chi connectivity index (χ4v) is 5.32. The van der Waals surface area contributed by atoms with E-state index in [1.165, 1.54) is 27.8 Å². The number of rotatable bonds is 7. The van der Waals surface area contributed by atoms with Gasteiger partial charge in [0.25, 0.3) is 0 Å². The fraction of sp³-hybridized carbons (Fsp3) is 0.419. The molecule has 36 heavy (non-hydrogen) atoms. The predicted molar refractivity (Wildman–Crippen MR) is 140 cm³/mol. The first-order valence-corrected chi connectivity index (χ1v) is 12.8. The van der Waals surface area contributed by atoms with Gasteiger partial charge < -0.3 is 24.4 Å². The first-order chi connectivity index (χ1) is 17.3. The lowest BCUT2D eigenvalue weighted by molar-refractivity contribution is -0.113. The van der Waals surface area contributed by atoms with Crippen molar-refractivity contribution in [1.29, 1.82) is 0 Å². The molecule has 1 saturated heterocycles. The lowest BCUT2D eigenvalue weighted by Crippen LogP contribution is -2.37. The van der Waals surface area contributed by atoms with Crippen LogP contribution in [0.2, 0.25) is 0 Å². The zero-order chi connectivity index (χ0) is 25.3. The third kappa shape index (κ3) is 5.44. The van der Waals surface area contributed by atoms with Gasteiger partial charge in [-0.2, -0.15) is 0 Å². The summed E-state index contributed by atoms with van der Waals surface area (Å²) in [7, 11) is 0. The smallest absolute Gasteiger partial charge is 0.144 e. The molecule has 5 nitrogen and oxygen atoms in total. The van der Waals surface area contributed by atoms with Crippen LogP contribution in [0.25, 0.3) is 0 Å². The number of aliphatic hydroxyl groups is 2. The van der Waals surface area contributed by atoms with E-state index in [4.69, 9.17) is 14.2 Å². The third-order valence-electron chi connectivity index (χ3n) is 7.46. The molecule has 2 aliphatic heterocycles. The van der Waals surface area contributed by atoms with E-state index in [0.717, 1.165) is 29.9 Å². The molecule has 0 bridgehead atoms. The lowest BCUT2D eigenvalue weighted by atomic mass is 9.92. The van der Waals surface area contributed by atoms with Gasteiger partial charge in [0.1, 0.15) is 23.7 Å². The van der Waals surface area contributed by atoms with Gasteiger partial charge in [0.2, 0.25) is 0 Å². The van der Waals surface area contributed by atoms with Crippen molar-refractivity contribution in [3.63, 3.8) is 0 Å². The Bertz CT molecular complexity index is 1200.